The molecule has 1 amide bonds. The lowest BCUT2D eigenvalue weighted by Crippen LogP contribution is -2.50. The van der Waals surface area contributed by atoms with E-state index in [4.69, 9.17) is 5.73 Å². The highest BCUT2D eigenvalue weighted by Gasteiger charge is 2.27. The van der Waals surface area contributed by atoms with E-state index in [1.165, 1.54) is 0 Å². The van der Waals surface area contributed by atoms with Gasteiger partial charge in [0.05, 0.1) is 0 Å². The number of H-pyrrole nitrogens is 1. The number of hydrogen-bond donors (Lipinski definition) is 2. The molecule has 5 nitrogen and oxygen atoms in total. The van der Waals surface area contributed by atoms with Gasteiger partial charge in [0.2, 0.25) is 0 Å². The van der Waals surface area contributed by atoms with Crippen molar-refractivity contribution in [1.29, 1.82) is 0 Å². The third kappa shape index (κ3) is 2.46. The van der Waals surface area contributed by atoms with E-state index in [2.05, 4.69) is 11.9 Å². The number of amides is 1. The molecule has 0 aliphatic carbocycles. The number of piperidine rings is 1. The van der Waals surface area contributed by atoms with Crippen LogP contribution < -0.4 is 11.3 Å². The molecule has 1 aromatic heterocycles. The number of aromatic amines is 1. The van der Waals surface area contributed by atoms with Crippen LogP contribution in [0.25, 0.3) is 0 Å². The van der Waals surface area contributed by atoms with Gasteiger partial charge in [0, 0.05) is 24.8 Å². The summed E-state index contributed by atoms with van der Waals surface area (Å²) in [7, 11) is 0. The highest BCUT2D eigenvalue weighted by molar-refractivity contribution is 5.93. The maximum Gasteiger partial charge on any atom is 0.260 e. The van der Waals surface area contributed by atoms with Gasteiger partial charge in [0.15, 0.2) is 0 Å². The van der Waals surface area contributed by atoms with Crippen molar-refractivity contribution in [3.63, 3.8) is 0 Å². The van der Waals surface area contributed by atoms with Crippen LogP contribution in [0.4, 0.5) is 0 Å². The molecule has 0 bridgehead atoms. The molecule has 1 aromatic rings. The molecule has 2 atom stereocenters. The first-order valence-corrected chi connectivity index (χ1v) is 6.24. The number of likely N-dealkylation sites (tertiary alicyclic amines) is 1. The fourth-order valence-electron chi connectivity index (χ4n) is 2.19. The van der Waals surface area contributed by atoms with Crippen molar-refractivity contribution in [2.75, 3.05) is 13.1 Å². The summed E-state index contributed by atoms with van der Waals surface area (Å²) in [5.41, 5.74) is 6.59. The number of aryl methyl sites for hydroxylation is 1. The van der Waals surface area contributed by atoms with Crippen LogP contribution in [0.2, 0.25) is 0 Å². The number of carbonyl (C=O) groups is 1. The van der Waals surface area contributed by atoms with E-state index < -0.39 is 0 Å². The molecule has 0 saturated carbocycles. The molecule has 98 valence electrons. The maximum atomic E-state index is 12.2. The monoisotopic (exact) mass is 249 g/mol. The van der Waals surface area contributed by atoms with Gasteiger partial charge in [-0.25, -0.2) is 0 Å². The van der Waals surface area contributed by atoms with Gasteiger partial charge in [-0.05, 0) is 31.4 Å². The Hall–Kier alpha value is -1.62. The fourth-order valence-corrected chi connectivity index (χ4v) is 2.19. The summed E-state index contributed by atoms with van der Waals surface area (Å²) in [6.45, 7) is 5.06. The van der Waals surface area contributed by atoms with Crippen LogP contribution in [0.15, 0.2) is 16.9 Å². The zero-order valence-corrected chi connectivity index (χ0v) is 10.8. The first-order valence-electron chi connectivity index (χ1n) is 6.24. The van der Waals surface area contributed by atoms with Crippen LogP contribution in [0.5, 0.6) is 0 Å². The minimum Gasteiger partial charge on any atom is -0.337 e. The quantitative estimate of drug-likeness (QED) is 0.760. The van der Waals surface area contributed by atoms with Crippen LogP contribution in [0.3, 0.4) is 0 Å². The molecule has 1 saturated heterocycles. The maximum absolute atomic E-state index is 12.2. The summed E-state index contributed by atoms with van der Waals surface area (Å²) in [6.07, 6.45) is 0.886. The smallest absolute Gasteiger partial charge is 0.260 e. The Morgan fingerprint density at radius 1 is 1.50 bits per heavy atom. The molecule has 5 heteroatoms. The average Bonchev–Trinajstić information content (AvgIpc) is 2.32. The van der Waals surface area contributed by atoms with Crippen LogP contribution in [0.1, 0.15) is 29.4 Å². The first-order chi connectivity index (χ1) is 8.49. The van der Waals surface area contributed by atoms with E-state index in [9.17, 15) is 9.59 Å². The number of nitrogens with two attached hydrogens (primary N) is 1. The zero-order chi connectivity index (χ0) is 13.3. The molecule has 0 radical (unpaired) electrons. The summed E-state index contributed by atoms with van der Waals surface area (Å²) >= 11 is 0. The zero-order valence-electron chi connectivity index (χ0n) is 10.8. The number of carbonyl (C=O) groups excluding carboxylic acids is 1. The highest BCUT2D eigenvalue weighted by atomic mass is 16.2. The topological polar surface area (TPSA) is 79.2 Å². The second-order valence-electron chi connectivity index (χ2n) is 5.07. The normalized spacial score (nSPS) is 24.1. The van der Waals surface area contributed by atoms with E-state index in [0.29, 0.717) is 19.0 Å². The summed E-state index contributed by atoms with van der Waals surface area (Å²) in [5.74, 6) is 0.198. The molecule has 1 aliphatic heterocycles. The molecular formula is C13H19N3O2. The van der Waals surface area contributed by atoms with Gasteiger partial charge in [0.1, 0.15) is 5.56 Å². The van der Waals surface area contributed by atoms with Crippen molar-refractivity contribution in [2.45, 2.75) is 26.3 Å². The molecule has 3 N–H and O–H groups in total. The summed E-state index contributed by atoms with van der Waals surface area (Å²) in [5, 5.41) is 0. The van der Waals surface area contributed by atoms with E-state index in [1.54, 1.807) is 24.0 Å². The number of pyridine rings is 1. The Morgan fingerprint density at radius 3 is 2.83 bits per heavy atom. The van der Waals surface area contributed by atoms with Crippen LogP contribution in [0, 0.1) is 12.8 Å². The second kappa shape index (κ2) is 4.94. The van der Waals surface area contributed by atoms with Crippen molar-refractivity contribution in [3.05, 3.63) is 33.7 Å². The number of nitrogens with one attached hydrogen (secondary N) is 1. The highest BCUT2D eigenvalue weighted by Crippen LogP contribution is 2.16. The molecule has 18 heavy (non-hydrogen) atoms. The second-order valence-corrected chi connectivity index (χ2v) is 5.07. The van der Waals surface area contributed by atoms with Crippen LogP contribution >= 0.6 is 0 Å². The van der Waals surface area contributed by atoms with Gasteiger partial charge in [0.25, 0.3) is 11.5 Å². The number of hydrogen-bond acceptors (Lipinski definition) is 3. The van der Waals surface area contributed by atoms with Crippen molar-refractivity contribution in [2.24, 2.45) is 11.7 Å². The molecule has 0 aromatic carbocycles. The van der Waals surface area contributed by atoms with E-state index in [-0.39, 0.29) is 23.1 Å². The Balaban J connectivity index is 2.19. The molecule has 2 rings (SSSR count). The van der Waals surface area contributed by atoms with Gasteiger partial charge in [-0.3, -0.25) is 9.59 Å². The first kappa shape index (κ1) is 12.8. The summed E-state index contributed by atoms with van der Waals surface area (Å²) < 4.78 is 0. The van der Waals surface area contributed by atoms with Gasteiger partial charge in [-0.15, -0.1) is 0 Å². The largest absolute Gasteiger partial charge is 0.337 e. The Bertz CT molecular complexity index is 509. The van der Waals surface area contributed by atoms with Crippen LogP contribution in [-0.2, 0) is 0 Å². The van der Waals surface area contributed by atoms with Gasteiger partial charge >= 0.3 is 0 Å². The SMILES string of the molecule is Cc1ccc(C(=O)N2CCC(C)C(N)C2)c(=O)[nH]1. The molecule has 1 fully saturated rings. The number of rotatable bonds is 1. The number of nitrogens with zero attached hydrogens (tertiary/aromatic N) is 1. The van der Waals surface area contributed by atoms with Crippen molar-refractivity contribution in [1.82, 2.24) is 9.88 Å². The number of aromatic nitrogens is 1. The van der Waals surface area contributed by atoms with Crippen molar-refractivity contribution < 1.29 is 4.79 Å². The Morgan fingerprint density at radius 2 is 2.22 bits per heavy atom. The van der Waals surface area contributed by atoms with Gasteiger partial charge in [-0.2, -0.15) is 0 Å². The molecule has 1 aliphatic rings. The fraction of sp³-hybridized carbons (Fsp3) is 0.538. The molecule has 2 unspecified atom stereocenters. The van der Waals surface area contributed by atoms with E-state index in [0.717, 1.165) is 12.1 Å². The molecule has 0 spiro atoms. The third-order valence-electron chi connectivity index (χ3n) is 3.59. The minimum absolute atomic E-state index is 0.00719. The summed E-state index contributed by atoms with van der Waals surface area (Å²) in [4.78, 5) is 28.3. The lowest BCUT2D eigenvalue weighted by Gasteiger charge is -2.34. The Kier molecular flexibility index (Phi) is 3.52. The van der Waals surface area contributed by atoms with E-state index >= 15 is 0 Å². The van der Waals surface area contributed by atoms with Gasteiger partial charge < -0.3 is 15.6 Å². The predicted molar refractivity (Wildman–Crippen MR) is 69.5 cm³/mol. The standard InChI is InChI=1S/C13H19N3O2/c1-8-5-6-16(7-11(8)14)13(18)10-4-3-9(2)15-12(10)17/h3-4,8,11H,5-7,14H2,1-2H3,(H,15,17). The molecular weight excluding hydrogens is 230 g/mol. The van der Waals surface area contributed by atoms with Crippen molar-refractivity contribution in [3.8, 4) is 0 Å². The Labute approximate surface area is 106 Å². The van der Waals surface area contributed by atoms with E-state index in [1.807, 2.05) is 0 Å². The lowest BCUT2D eigenvalue weighted by molar-refractivity contribution is 0.0670. The summed E-state index contributed by atoms with van der Waals surface area (Å²) in [6, 6.07) is 3.31. The third-order valence-corrected chi connectivity index (χ3v) is 3.59. The average molecular weight is 249 g/mol. The lowest BCUT2D eigenvalue weighted by atomic mass is 9.94. The van der Waals surface area contributed by atoms with Crippen LogP contribution in [-0.4, -0.2) is 34.9 Å². The molecule has 2 heterocycles. The van der Waals surface area contributed by atoms with Gasteiger partial charge in [-0.1, -0.05) is 6.92 Å². The minimum atomic E-state index is -0.327. The predicted octanol–water partition coefficient (Wildman–Crippen LogP) is 0.493. The van der Waals surface area contributed by atoms with Crippen molar-refractivity contribution >= 4 is 5.91 Å².